The molecule has 3 rings (SSSR count). The fourth-order valence-electron chi connectivity index (χ4n) is 3.42. The first kappa shape index (κ1) is 11.9. The highest BCUT2D eigenvalue weighted by molar-refractivity contribution is 5.31. The van der Waals surface area contributed by atoms with E-state index >= 15 is 0 Å². The largest absolute Gasteiger partial charge is 0.340 e. The summed E-state index contributed by atoms with van der Waals surface area (Å²) < 4.78 is 0. The molecule has 1 spiro atoms. The van der Waals surface area contributed by atoms with E-state index in [0.29, 0.717) is 5.41 Å². The summed E-state index contributed by atoms with van der Waals surface area (Å²) in [4.78, 5) is 13.8. The Hall–Kier alpha value is -1.16. The quantitative estimate of drug-likeness (QED) is 0.755. The maximum atomic E-state index is 4.48. The average molecular weight is 246 g/mol. The first-order valence-corrected chi connectivity index (χ1v) is 6.89. The van der Waals surface area contributed by atoms with E-state index in [0.717, 1.165) is 24.6 Å². The molecular weight excluding hydrogens is 224 g/mol. The second-order valence-corrected chi connectivity index (χ2v) is 6.07. The van der Waals surface area contributed by atoms with Crippen molar-refractivity contribution in [2.24, 2.45) is 5.41 Å². The van der Waals surface area contributed by atoms with Crippen LogP contribution in [0.1, 0.15) is 24.8 Å². The molecule has 1 aromatic rings. The zero-order valence-corrected chi connectivity index (χ0v) is 11.4. The van der Waals surface area contributed by atoms with Gasteiger partial charge in [0.15, 0.2) is 0 Å². The van der Waals surface area contributed by atoms with Gasteiger partial charge >= 0.3 is 0 Å². The number of piperidine rings is 1. The number of nitrogens with zero attached hydrogens (tertiary/aromatic N) is 4. The number of rotatable bonds is 1. The Morgan fingerprint density at radius 3 is 2.56 bits per heavy atom. The fraction of sp³-hybridized carbons (Fsp3) is 0.714. The molecule has 2 aliphatic heterocycles. The molecule has 2 aliphatic rings. The topological polar surface area (TPSA) is 32.3 Å². The van der Waals surface area contributed by atoms with Crippen molar-refractivity contribution < 1.29 is 0 Å². The van der Waals surface area contributed by atoms with Crippen LogP contribution in [0.2, 0.25) is 0 Å². The fourth-order valence-corrected chi connectivity index (χ4v) is 3.42. The summed E-state index contributed by atoms with van der Waals surface area (Å²) in [6, 6.07) is 0. The standard InChI is InChI=1S/C14H22N4/c1-12-8-15-13(16-9-12)18-6-3-4-14(11-18)5-7-17(2)10-14/h8-9H,3-7,10-11H2,1-2H3. The highest BCUT2D eigenvalue weighted by Gasteiger charge is 2.40. The minimum atomic E-state index is 0.487. The number of anilines is 1. The van der Waals surface area contributed by atoms with Crippen molar-refractivity contribution in [2.45, 2.75) is 26.2 Å². The summed E-state index contributed by atoms with van der Waals surface area (Å²) in [5.74, 6) is 0.911. The van der Waals surface area contributed by atoms with Crippen molar-refractivity contribution in [1.29, 1.82) is 0 Å². The molecule has 0 aliphatic carbocycles. The first-order valence-electron chi connectivity index (χ1n) is 6.89. The van der Waals surface area contributed by atoms with Crippen molar-refractivity contribution in [3.63, 3.8) is 0 Å². The Bertz CT molecular complexity index is 412. The van der Waals surface area contributed by atoms with Crippen molar-refractivity contribution in [2.75, 3.05) is 38.1 Å². The van der Waals surface area contributed by atoms with Crippen LogP contribution in [0.25, 0.3) is 0 Å². The molecule has 0 aromatic carbocycles. The van der Waals surface area contributed by atoms with Gasteiger partial charge in [-0.3, -0.25) is 0 Å². The zero-order valence-electron chi connectivity index (χ0n) is 11.4. The molecule has 0 saturated carbocycles. The van der Waals surface area contributed by atoms with E-state index in [4.69, 9.17) is 0 Å². The lowest BCUT2D eigenvalue weighted by atomic mass is 9.79. The minimum Gasteiger partial charge on any atom is -0.340 e. The van der Waals surface area contributed by atoms with E-state index in [2.05, 4.69) is 26.8 Å². The van der Waals surface area contributed by atoms with Crippen LogP contribution < -0.4 is 4.90 Å². The molecule has 1 unspecified atom stereocenters. The smallest absolute Gasteiger partial charge is 0.225 e. The van der Waals surface area contributed by atoms with Crippen LogP contribution in [0, 0.1) is 12.3 Å². The zero-order chi connectivity index (χ0) is 12.6. The molecule has 3 heterocycles. The third-order valence-corrected chi connectivity index (χ3v) is 4.34. The molecule has 0 N–H and O–H groups in total. The van der Waals surface area contributed by atoms with Crippen LogP contribution in [-0.2, 0) is 0 Å². The summed E-state index contributed by atoms with van der Waals surface area (Å²) in [5, 5.41) is 0. The van der Waals surface area contributed by atoms with Crippen LogP contribution in [0.15, 0.2) is 12.4 Å². The third-order valence-electron chi connectivity index (χ3n) is 4.34. The van der Waals surface area contributed by atoms with Crippen LogP contribution in [-0.4, -0.2) is 48.1 Å². The van der Waals surface area contributed by atoms with E-state index in [-0.39, 0.29) is 0 Å². The molecule has 0 amide bonds. The van der Waals surface area contributed by atoms with Gasteiger partial charge in [0.25, 0.3) is 0 Å². The lowest BCUT2D eigenvalue weighted by molar-refractivity contribution is 0.233. The second kappa shape index (κ2) is 4.50. The Labute approximate surface area is 109 Å². The van der Waals surface area contributed by atoms with Gasteiger partial charge in [-0.2, -0.15) is 0 Å². The molecule has 1 atom stereocenters. The summed E-state index contributed by atoms with van der Waals surface area (Å²) in [6.07, 6.45) is 7.80. The minimum absolute atomic E-state index is 0.487. The van der Waals surface area contributed by atoms with E-state index in [1.165, 1.54) is 32.4 Å². The Morgan fingerprint density at radius 2 is 1.89 bits per heavy atom. The lowest BCUT2D eigenvalue weighted by Crippen LogP contribution is -2.45. The maximum Gasteiger partial charge on any atom is 0.225 e. The van der Waals surface area contributed by atoms with Crippen molar-refractivity contribution in [1.82, 2.24) is 14.9 Å². The molecule has 4 nitrogen and oxygen atoms in total. The summed E-state index contributed by atoms with van der Waals surface area (Å²) in [6.45, 7) is 6.74. The third kappa shape index (κ3) is 2.21. The van der Waals surface area contributed by atoms with Crippen LogP contribution in [0.4, 0.5) is 5.95 Å². The lowest BCUT2D eigenvalue weighted by Gasteiger charge is -2.40. The van der Waals surface area contributed by atoms with E-state index in [1.807, 2.05) is 19.3 Å². The van der Waals surface area contributed by atoms with E-state index in [1.54, 1.807) is 0 Å². The van der Waals surface area contributed by atoms with Gasteiger partial charge in [-0.1, -0.05) is 0 Å². The molecule has 0 bridgehead atoms. The highest BCUT2D eigenvalue weighted by atomic mass is 15.3. The van der Waals surface area contributed by atoms with E-state index in [9.17, 15) is 0 Å². The van der Waals surface area contributed by atoms with Crippen molar-refractivity contribution in [3.05, 3.63) is 18.0 Å². The molecular formula is C14H22N4. The van der Waals surface area contributed by atoms with E-state index < -0.39 is 0 Å². The summed E-state index contributed by atoms with van der Waals surface area (Å²) >= 11 is 0. The van der Waals surface area contributed by atoms with Crippen molar-refractivity contribution in [3.8, 4) is 0 Å². The molecule has 4 heteroatoms. The maximum absolute atomic E-state index is 4.48. The first-order chi connectivity index (χ1) is 8.67. The molecule has 2 saturated heterocycles. The second-order valence-electron chi connectivity index (χ2n) is 6.07. The molecule has 98 valence electrons. The molecule has 0 radical (unpaired) electrons. The number of likely N-dealkylation sites (tertiary alicyclic amines) is 1. The normalized spacial score (nSPS) is 29.1. The van der Waals surface area contributed by atoms with Crippen LogP contribution in [0.3, 0.4) is 0 Å². The van der Waals surface area contributed by atoms with Gasteiger partial charge in [-0.05, 0) is 45.3 Å². The Kier molecular flexibility index (Phi) is 2.98. The van der Waals surface area contributed by atoms with Gasteiger partial charge in [-0.15, -0.1) is 0 Å². The molecule has 2 fully saturated rings. The summed E-state index contributed by atoms with van der Waals surface area (Å²) in [7, 11) is 2.23. The Morgan fingerprint density at radius 1 is 1.11 bits per heavy atom. The molecule has 1 aromatic heterocycles. The Balaban J connectivity index is 1.76. The number of aryl methyl sites for hydroxylation is 1. The number of hydrogen-bond donors (Lipinski definition) is 0. The van der Waals surface area contributed by atoms with Crippen LogP contribution >= 0.6 is 0 Å². The van der Waals surface area contributed by atoms with Gasteiger partial charge < -0.3 is 9.80 Å². The predicted octanol–water partition coefficient (Wildman–Crippen LogP) is 1.71. The van der Waals surface area contributed by atoms with Gasteiger partial charge in [-0.25, -0.2) is 9.97 Å². The molecule has 18 heavy (non-hydrogen) atoms. The van der Waals surface area contributed by atoms with Crippen LogP contribution in [0.5, 0.6) is 0 Å². The number of hydrogen-bond acceptors (Lipinski definition) is 4. The highest BCUT2D eigenvalue weighted by Crippen LogP contribution is 2.38. The summed E-state index contributed by atoms with van der Waals surface area (Å²) in [5.41, 5.74) is 1.62. The van der Waals surface area contributed by atoms with Crippen molar-refractivity contribution >= 4 is 5.95 Å². The number of aromatic nitrogens is 2. The monoisotopic (exact) mass is 246 g/mol. The SMILES string of the molecule is Cc1cnc(N2CCCC3(CCN(C)C3)C2)nc1. The van der Waals surface area contributed by atoms with Gasteiger partial charge in [0.2, 0.25) is 5.95 Å². The van der Waals surface area contributed by atoms with Gasteiger partial charge in [0.1, 0.15) is 0 Å². The predicted molar refractivity (Wildman–Crippen MR) is 72.8 cm³/mol. The van der Waals surface area contributed by atoms with Gasteiger partial charge in [0.05, 0.1) is 0 Å². The average Bonchev–Trinajstić information content (AvgIpc) is 2.71. The van der Waals surface area contributed by atoms with Gasteiger partial charge in [0, 0.05) is 37.4 Å².